The molecule has 8 nitrogen and oxygen atoms in total. The molecule has 4 aromatic rings. The minimum absolute atomic E-state index is 0.342. The fourth-order valence-corrected chi connectivity index (χ4v) is 4.06. The summed E-state index contributed by atoms with van der Waals surface area (Å²) in [6.45, 7) is 1.32. The molecular formula is C21H24N8. The molecule has 0 spiro atoms. The topological polar surface area (TPSA) is 111 Å². The zero-order valence-electron chi connectivity index (χ0n) is 16.3. The number of nitrogens with two attached hydrogens (primary N) is 1. The van der Waals surface area contributed by atoms with Crippen molar-refractivity contribution in [3.05, 3.63) is 42.6 Å². The number of aromatic amines is 1. The molecule has 1 aliphatic carbocycles. The zero-order chi connectivity index (χ0) is 19.6. The first-order chi connectivity index (χ1) is 14.3. The number of nitrogens with zero attached hydrogens (tertiary/aromatic N) is 6. The molecule has 1 fully saturated rings. The Kier molecular flexibility index (Phi) is 4.77. The molecule has 3 heterocycles. The first-order valence-corrected chi connectivity index (χ1v) is 10.2. The zero-order valence-corrected chi connectivity index (χ0v) is 16.3. The summed E-state index contributed by atoms with van der Waals surface area (Å²) >= 11 is 0. The molecule has 0 bridgehead atoms. The highest BCUT2D eigenvalue weighted by molar-refractivity contribution is 5.72. The molecule has 5 rings (SSSR count). The number of fused-ring (bicyclic) bond motifs is 1. The number of H-pyrrole nitrogens is 1. The Balaban J connectivity index is 1.41. The fourth-order valence-electron chi connectivity index (χ4n) is 4.06. The van der Waals surface area contributed by atoms with Crippen LogP contribution in [-0.2, 0) is 13.1 Å². The van der Waals surface area contributed by atoms with Gasteiger partial charge in [-0.2, -0.15) is 5.10 Å². The van der Waals surface area contributed by atoms with Crippen LogP contribution in [-0.4, -0.2) is 34.7 Å². The molecule has 0 atom stereocenters. The monoisotopic (exact) mass is 388 g/mol. The van der Waals surface area contributed by atoms with Gasteiger partial charge in [0.15, 0.2) is 17.1 Å². The van der Waals surface area contributed by atoms with E-state index in [0.717, 1.165) is 29.0 Å². The van der Waals surface area contributed by atoms with Crippen molar-refractivity contribution in [3.63, 3.8) is 0 Å². The molecule has 0 unspecified atom stereocenters. The van der Waals surface area contributed by atoms with E-state index in [1.807, 2.05) is 30.6 Å². The summed E-state index contributed by atoms with van der Waals surface area (Å²) in [5.74, 6) is 2.03. The van der Waals surface area contributed by atoms with Gasteiger partial charge in [0.05, 0.1) is 24.8 Å². The van der Waals surface area contributed by atoms with Crippen molar-refractivity contribution in [1.82, 2.24) is 34.7 Å². The van der Waals surface area contributed by atoms with Crippen molar-refractivity contribution in [3.8, 4) is 22.6 Å². The largest absolute Gasteiger partial charge is 0.324 e. The second kappa shape index (κ2) is 7.71. The summed E-state index contributed by atoms with van der Waals surface area (Å²) in [4.78, 5) is 18.2. The standard InChI is InChI=1S/C21H24N8/c22-10-18-26-19(28-27-18)16-8-6-15(7-9-16)17-11-23-20-21(25-17)29(13-24-20)12-14-4-2-1-3-5-14/h6-9,11,13-14H,1-5,10,12,22H2,(H,26,27,28). The van der Waals surface area contributed by atoms with Gasteiger partial charge in [-0.1, -0.05) is 43.5 Å². The number of hydrogen-bond acceptors (Lipinski definition) is 6. The Hall–Kier alpha value is -3.13. The maximum Gasteiger partial charge on any atom is 0.197 e. The summed E-state index contributed by atoms with van der Waals surface area (Å²) in [5.41, 5.74) is 9.93. The van der Waals surface area contributed by atoms with Crippen molar-refractivity contribution in [2.75, 3.05) is 0 Å². The highest BCUT2D eigenvalue weighted by atomic mass is 15.2. The summed E-state index contributed by atoms with van der Waals surface area (Å²) in [7, 11) is 0. The summed E-state index contributed by atoms with van der Waals surface area (Å²) in [6, 6.07) is 8.02. The number of rotatable bonds is 5. The highest BCUT2D eigenvalue weighted by Gasteiger charge is 2.16. The normalized spacial score (nSPS) is 15.2. The van der Waals surface area contributed by atoms with Crippen LogP contribution in [0.4, 0.5) is 0 Å². The smallest absolute Gasteiger partial charge is 0.197 e. The van der Waals surface area contributed by atoms with Crippen molar-refractivity contribution in [1.29, 1.82) is 0 Å². The third-order valence-corrected chi connectivity index (χ3v) is 5.67. The summed E-state index contributed by atoms with van der Waals surface area (Å²) in [6.07, 6.45) is 10.3. The Bertz CT molecular complexity index is 1110. The minimum atomic E-state index is 0.342. The van der Waals surface area contributed by atoms with Gasteiger partial charge in [-0.25, -0.2) is 19.9 Å². The molecule has 3 N–H and O–H groups in total. The molecule has 1 aromatic carbocycles. The van der Waals surface area contributed by atoms with Gasteiger partial charge in [0.25, 0.3) is 0 Å². The number of aromatic nitrogens is 7. The molecule has 0 radical (unpaired) electrons. The second-order valence-corrected chi connectivity index (χ2v) is 7.69. The van der Waals surface area contributed by atoms with Crippen molar-refractivity contribution in [2.45, 2.75) is 45.2 Å². The van der Waals surface area contributed by atoms with E-state index in [1.54, 1.807) is 6.20 Å². The quantitative estimate of drug-likeness (QED) is 0.542. The highest BCUT2D eigenvalue weighted by Crippen LogP contribution is 2.27. The molecule has 148 valence electrons. The Morgan fingerprint density at radius 1 is 1.00 bits per heavy atom. The van der Waals surface area contributed by atoms with E-state index in [-0.39, 0.29) is 0 Å². The van der Waals surface area contributed by atoms with E-state index < -0.39 is 0 Å². The third-order valence-electron chi connectivity index (χ3n) is 5.67. The lowest BCUT2D eigenvalue weighted by atomic mass is 9.89. The van der Waals surface area contributed by atoms with Gasteiger partial charge in [0.1, 0.15) is 5.82 Å². The van der Waals surface area contributed by atoms with Crippen LogP contribution >= 0.6 is 0 Å². The summed E-state index contributed by atoms with van der Waals surface area (Å²) < 4.78 is 2.16. The van der Waals surface area contributed by atoms with Gasteiger partial charge in [0.2, 0.25) is 0 Å². The Morgan fingerprint density at radius 3 is 2.55 bits per heavy atom. The lowest BCUT2D eigenvalue weighted by Gasteiger charge is -2.21. The molecule has 29 heavy (non-hydrogen) atoms. The van der Waals surface area contributed by atoms with Crippen LogP contribution in [0, 0.1) is 5.92 Å². The van der Waals surface area contributed by atoms with Crippen molar-refractivity contribution < 1.29 is 0 Å². The van der Waals surface area contributed by atoms with Crippen LogP contribution in [0.3, 0.4) is 0 Å². The van der Waals surface area contributed by atoms with Gasteiger partial charge in [-0.15, -0.1) is 0 Å². The maximum absolute atomic E-state index is 5.59. The van der Waals surface area contributed by atoms with E-state index in [1.165, 1.54) is 32.1 Å². The first-order valence-electron chi connectivity index (χ1n) is 10.2. The molecule has 3 aromatic heterocycles. The molecule has 0 amide bonds. The molecule has 1 aliphatic rings. The minimum Gasteiger partial charge on any atom is -0.324 e. The average Bonchev–Trinajstić information content (AvgIpc) is 3.42. The van der Waals surface area contributed by atoms with Gasteiger partial charge in [-0.3, -0.25) is 5.10 Å². The lowest BCUT2D eigenvalue weighted by molar-refractivity contribution is 0.321. The fraction of sp³-hybridized carbons (Fsp3) is 0.381. The number of nitrogens with one attached hydrogen (secondary N) is 1. The van der Waals surface area contributed by atoms with Crippen molar-refractivity contribution >= 4 is 11.3 Å². The maximum atomic E-state index is 5.59. The molecule has 0 aliphatic heterocycles. The van der Waals surface area contributed by atoms with Crippen LogP contribution in [0.25, 0.3) is 33.9 Å². The van der Waals surface area contributed by atoms with Gasteiger partial charge < -0.3 is 10.3 Å². The van der Waals surface area contributed by atoms with E-state index in [9.17, 15) is 0 Å². The van der Waals surface area contributed by atoms with Crippen LogP contribution in [0.15, 0.2) is 36.8 Å². The van der Waals surface area contributed by atoms with E-state index in [0.29, 0.717) is 29.8 Å². The molecular weight excluding hydrogens is 364 g/mol. The molecule has 8 heteroatoms. The second-order valence-electron chi connectivity index (χ2n) is 7.69. The Labute approximate surface area is 168 Å². The van der Waals surface area contributed by atoms with Crippen LogP contribution in [0.2, 0.25) is 0 Å². The predicted molar refractivity (Wildman–Crippen MR) is 111 cm³/mol. The van der Waals surface area contributed by atoms with Gasteiger partial charge in [-0.05, 0) is 18.8 Å². The predicted octanol–water partition coefficient (Wildman–Crippen LogP) is 3.32. The number of benzene rings is 1. The third kappa shape index (κ3) is 3.63. The molecule has 0 saturated heterocycles. The van der Waals surface area contributed by atoms with Gasteiger partial charge in [0, 0.05) is 17.7 Å². The van der Waals surface area contributed by atoms with Crippen LogP contribution in [0.1, 0.15) is 37.9 Å². The lowest BCUT2D eigenvalue weighted by Crippen LogP contribution is -2.13. The average molecular weight is 388 g/mol. The van der Waals surface area contributed by atoms with Crippen LogP contribution < -0.4 is 5.73 Å². The van der Waals surface area contributed by atoms with Crippen LogP contribution in [0.5, 0.6) is 0 Å². The number of hydrogen-bond donors (Lipinski definition) is 2. The SMILES string of the molecule is NCc1nc(-c2ccc(-c3cnc4ncn(CC5CCCCC5)c4n3)cc2)n[nH]1. The van der Waals surface area contributed by atoms with Crippen molar-refractivity contribution in [2.24, 2.45) is 11.7 Å². The van der Waals surface area contributed by atoms with E-state index in [4.69, 9.17) is 10.7 Å². The molecule has 1 saturated carbocycles. The van der Waals surface area contributed by atoms with E-state index >= 15 is 0 Å². The number of imidazole rings is 1. The summed E-state index contributed by atoms with van der Waals surface area (Å²) in [5, 5.41) is 7.04. The Morgan fingerprint density at radius 2 is 1.79 bits per heavy atom. The first kappa shape index (κ1) is 17.9. The van der Waals surface area contributed by atoms with E-state index in [2.05, 4.69) is 29.7 Å². The van der Waals surface area contributed by atoms with Gasteiger partial charge >= 0.3 is 0 Å².